The van der Waals surface area contributed by atoms with Crippen LogP contribution in [0.3, 0.4) is 0 Å². The quantitative estimate of drug-likeness (QED) is 0.577. The topological polar surface area (TPSA) is 81.4 Å². The third-order valence-electron chi connectivity index (χ3n) is 2.02. The van der Waals surface area contributed by atoms with E-state index in [-0.39, 0.29) is 18.3 Å². The van der Waals surface area contributed by atoms with Crippen LogP contribution in [0, 0.1) is 0 Å². The van der Waals surface area contributed by atoms with E-state index in [1.807, 2.05) is 0 Å². The van der Waals surface area contributed by atoms with Crippen LogP contribution in [-0.2, 0) is 4.79 Å². The van der Waals surface area contributed by atoms with Gasteiger partial charge in [-0.15, -0.1) is 0 Å². The average Bonchev–Trinajstić information content (AvgIpc) is 2.26. The number of likely N-dealkylation sites (N-methyl/N-ethyl adjacent to an activating group) is 1. The lowest BCUT2D eigenvalue weighted by molar-refractivity contribution is -0.122. The van der Waals surface area contributed by atoms with Gasteiger partial charge in [-0.05, 0) is 25.1 Å². The minimum Gasteiger partial charge on any atom is -0.483 e. The Kier molecular flexibility index (Phi) is 3.88. The molecule has 0 aliphatic heterocycles. The third kappa shape index (κ3) is 2.98. The lowest BCUT2D eigenvalue weighted by Gasteiger charge is -2.09. The van der Waals surface area contributed by atoms with Gasteiger partial charge in [-0.3, -0.25) is 9.59 Å². The number of amides is 1. The lowest BCUT2D eigenvalue weighted by atomic mass is 10.1. The van der Waals surface area contributed by atoms with E-state index >= 15 is 0 Å². The highest BCUT2D eigenvalue weighted by Gasteiger charge is 2.10. The van der Waals surface area contributed by atoms with Gasteiger partial charge in [-0.1, -0.05) is 0 Å². The number of rotatable bonds is 4. The Morgan fingerprint density at radius 2 is 2.12 bits per heavy atom. The Bertz CT molecular complexity index is 416. The summed E-state index contributed by atoms with van der Waals surface area (Å²) in [5.74, 6) is -0.0455. The maximum Gasteiger partial charge on any atom is 0.257 e. The minimum absolute atomic E-state index is 0.124. The van der Waals surface area contributed by atoms with Crippen LogP contribution in [0.1, 0.15) is 17.3 Å². The molecule has 1 aromatic carbocycles. The van der Waals surface area contributed by atoms with E-state index < -0.39 is 0 Å². The van der Waals surface area contributed by atoms with Gasteiger partial charge in [-0.25, -0.2) is 0 Å². The van der Waals surface area contributed by atoms with Crippen molar-refractivity contribution in [2.75, 3.05) is 19.4 Å². The van der Waals surface area contributed by atoms with Gasteiger partial charge < -0.3 is 15.8 Å². The van der Waals surface area contributed by atoms with Gasteiger partial charge >= 0.3 is 0 Å². The monoisotopic (exact) mass is 222 g/mol. The van der Waals surface area contributed by atoms with Crippen LogP contribution >= 0.6 is 0 Å². The summed E-state index contributed by atoms with van der Waals surface area (Å²) in [6, 6.07) is 4.72. The molecule has 1 aromatic rings. The second kappa shape index (κ2) is 5.16. The summed E-state index contributed by atoms with van der Waals surface area (Å²) in [6.07, 6.45) is 0. The van der Waals surface area contributed by atoms with E-state index in [1.165, 1.54) is 20.0 Å². The number of hydrogen-bond acceptors (Lipinski definition) is 4. The Morgan fingerprint density at radius 3 is 2.69 bits per heavy atom. The fourth-order valence-electron chi connectivity index (χ4n) is 1.16. The number of nitrogens with two attached hydrogens (primary N) is 1. The number of nitrogen functional groups attached to an aromatic ring is 1. The van der Waals surface area contributed by atoms with E-state index in [2.05, 4.69) is 5.32 Å². The first-order valence-corrected chi connectivity index (χ1v) is 4.78. The van der Waals surface area contributed by atoms with Crippen molar-refractivity contribution >= 4 is 17.4 Å². The van der Waals surface area contributed by atoms with Crippen molar-refractivity contribution in [1.82, 2.24) is 5.32 Å². The zero-order valence-corrected chi connectivity index (χ0v) is 9.24. The molecule has 86 valence electrons. The number of ether oxygens (including phenoxy) is 1. The molecule has 0 aromatic heterocycles. The highest BCUT2D eigenvalue weighted by atomic mass is 16.5. The molecule has 0 atom stereocenters. The zero-order valence-electron chi connectivity index (χ0n) is 9.24. The number of benzene rings is 1. The number of carbonyl (C=O) groups is 2. The van der Waals surface area contributed by atoms with Gasteiger partial charge in [0, 0.05) is 12.7 Å². The second-order valence-corrected chi connectivity index (χ2v) is 3.27. The maximum atomic E-state index is 11.3. The predicted octanol–water partition coefficient (Wildman–Crippen LogP) is 0.596. The number of nitrogens with one attached hydrogen (secondary N) is 1. The van der Waals surface area contributed by atoms with Crippen molar-refractivity contribution < 1.29 is 14.3 Å². The summed E-state index contributed by atoms with van der Waals surface area (Å²) in [6.45, 7) is 1.29. The van der Waals surface area contributed by atoms with E-state index in [0.29, 0.717) is 17.0 Å². The average molecular weight is 222 g/mol. The largest absolute Gasteiger partial charge is 0.483 e. The number of carbonyl (C=O) groups excluding carboxylic acids is 2. The molecule has 1 amide bonds. The molecule has 0 fully saturated rings. The first-order chi connectivity index (χ1) is 7.54. The standard InChI is InChI=1S/C11H14N2O3/c1-7(14)9-5-8(12)3-4-10(9)16-6-11(15)13-2/h3-5H,6,12H2,1-2H3,(H,13,15). The third-order valence-corrected chi connectivity index (χ3v) is 2.02. The first-order valence-electron chi connectivity index (χ1n) is 4.78. The van der Waals surface area contributed by atoms with Gasteiger partial charge in [0.2, 0.25) is 0 Å². The van der Waals surface area contributed by atoms with Crippen molar-refractivity contribution in [2.45, 2.75) is 6.92 Å². The van der Waals surface area contributed by atoms with Crippen LogP contribution in [0.4, 0.5) is 5.69 Å². The molecule has 5 nitrogen and oxygen atoms in total. The Morgan fingerprint density at radius 1 is 1.44 bits per heavy atom. The van der Waals surface area contributed by atoms with Gasteiger partial charge in [-0.2, -0.15) is 0 Å². The molecule has 3 N–H and O–H groups in total. The van der Waals surface area contributed by atoms with Crippen LogP contribution in [0.15, 0.2) is 18.2 Å². The normalized spacial score (nSPS) is 9.62. The molecule has 16 heavy (non-hydrogen) atoms. The predicted molar refractivity (Wildman–Crippen MR) is 60.4 cm³/mol. The smallest absolute Gasteiger partial charge is 0.257 e. The number of Topliss-reactive ketones (excluding diaryl/α,β-unsaturated/α-hetero) is 1. The van der Waals surface area contributed by atoms with Crippen LogP contribution in [0.25, 0.3) is 0 Å². The lowest BCUT2D eigenvalue weighted by Crippen LogP contribution is -2.25. The van der Waals surface area contributed by atoms with E-state index in [1.54, 1.807) is 12.1 Å². The highest BCUT2D eigenvalue weighted by Crippen LogP contribution is 2.21. The van der Waals surface area contributed by atoms with Crippen molar-refractivity contribution in [2.24, 2.45) is 0 Å². The van der Waals surface area contributed by atoms with Crippen molar-refractivity contribution in [3.8, 4) is 5.75 Å². The summed E-state index contributed by atoms with van der Waals surface area (Å²) < 4.78 is 5.22. The van der Waals surface area contributed by atoms with E-state index in [4.69, 9.17) is 10.5 Å². The molecule has 0 radical (unpaired) electrons. The highest BCUT2D eigenvalue weighted by molar-refractivity contribution is 5.97. The molecule has 0 aliphatic rings. The Hall–Kier alpha value is -2.04. The summed E-state index contributed by atoms with van der Waals surface area (Å²) in [5.41, 5.74) is 6.42. The summed E-state index contributed by atoms with van der Waals surface area (Å²) in [4.78, 5) is 22.3. The molecule has 0 spiro atoms. The molecular formula is C11H14N2O3. The van der Waals surface area contributed by atoms with Crippen molar-refractivity contribution in [3.63, 3.8) is 0 Å². The molecule has 0 heterocycles. The van der Waals surface area contributed by atoms with Crippen LogP contribution < -0.4 is 15.8 Å². The SMILES string of the molecule is CNC(=O)COc1ccc(N)cc1C(C)=O. The molecule has 0 bridgehead atoms. The summed E-state index contributed by atoms with van der Waals surface area (Å²) in [7, 11) is 1.51. The Labute approximate surface area is 93.6 Å². The molecular weight excluding hydrogens is 208 g/mol. The van der Waals surface area contributed by atoms with Gasteiger partial charge in [0.25, 0.3) is 5.91 Å². The molecule has 5 heteroatoms. The number of anilines is 1. The zero-order chi connectivity index (χ0) is 12.1. The van der Waals surface area contributed by atoms with E-state index in [0.717, 1.165) is 0 Å². The molecule has 0 unspecified atom stereocenters. The van der Waals surface area contributed by atoms with E-state index in [9.17, 15) is 9.59 Å². The summed E-state index contributed by atoms with van der Waals surface area (Å²) >= 11 is 0. The molecule has 1 rings (SSSR count). The number of ketones is 1. The summed E-state index contributed by atoms with van der Waals surface area (Å²) in [5, 5.41) is 2.42. The molecule has 0 saturated heterocycles. The molecule has 0 aliphatic carbocycles. The van der Waals surface area contributed by atoms with Gasteiger partial charge in [0.1, 0.15) is 5.75 Å². The molecule has 0 saturated carbocycles. The van der Waals surface area contributed by atoms with Crippen LogP contribution in [-0.4, -0.2) is 25.3 Å². The maximum absolute atomic E-state index is 11.3. The van der Waals surface area contributed by atoms with Gasteiger partial charge in [0.15, 0.2) is 12.4 Å². The minimum atomic E-state index is -0.258. The fourth-order valence-corrected chi connectivity index (χ4v) is 1.16. The fraction of sp³-hybridized carbons (Fsp3) is 0.273. The number of hydrogen-bond donors (Lipinski definition) is 2. The first kappa shape index (κ1) is 12.0. The van der Waals surface area contributed by atoms with Gasteiger partial charge in [0.05, 0.1) is 5.56 Å². The van der Waals surface area contributed by atoms with Crippen LogP contribution in [0.5, 0.6) is 5.75 Å². The van der Waals surface area contributed by atoms with Crippen molar-refractivity contribution in [1.29, 1.82) is 0 Å². The van der Waals surface area contributed by atoms with Crippen LogP contribution in [0.2, 0.25) is 0 Å². The van der Waals surface area contributed by atoms with Crippen molar-refractivity contribution in [3.05, 3.63) is 23.8 Å². The second-order valence-electron chi connectivity index (χ2n) is 3.27. The Balaban J connectivity index is 2.87.